The summed E-state index contributed by atoms with van der Waals surface area (Å²) in [4.78, 5) is 30.6. The summed E-state index contributed by atoms with van der Waals surface area (Å²) in [5.74, 6) is -1.85. The summed E-state index contributed by atoms with van der Waals surface area (Å²) in [6, 6.07) is 14.0. The minimum atomic E-state index is -4.54. The summed E-state index contributed by atoms with van der Waals surface area (Å²) in [6.45, 7) is -0.0475. The molecular weight excluding hydrogens is 434 g/mol. The Morgan fingerprint density at radius 1 is 1.16 bits per heavy atom. The second kappa shape index (κ2) is 9.34. The summed E-state index contributed by atoms with van der Waals surface area (Å²) >= 11 is 0.832. The third-order valence-electron chi connectivity index (χ3n) is 4.13. The van der Waals surface area contributed by atoms with Crippen molar-refractivity contribution in [1.82, 2.24) is 5.32 Å². The van der Waals surface area contributed by atoms with Crippen molar-refractivity contribution in [1.29, 1.82) is 0 Å². The minimum Gasteiger partial charge on any atom is -0.346 e. The van der Waals surface area contributed by atoms with Gasteiger partial charge in [0.1, 0.15) is 18.1 Å². The number of rotatable bonds is 5. The van der Waals surface area contributed by atoms with E-state index in [1.165, 1.54) is 36.1 Å². The number of hydrogen-bond acceptors (Lipinski definition) is 4. The predicted molar refractivity (Wildman–Crippen MR) is 112 cm³/mol. The molecule has 0 radical (unpaired) electrons. The number of halogens is 4. The molecule has 10 heteroatoms. The van der Waals surface area contributed by atoms with Crippen molar-refractivity contribution in [3.05, 3.63) is 71.7 Å². The van der Waals surface area contributed by atoms with E-state index in [0.717, 1.165) is 17.3 Å². The van der Waals surface area contributed by atoms with Gasteiger partial charge in [-0.3, -0.25) is 14.5 Å². The van der Waals surface area contributed by atoms with E-state index < -0.39 is 35.6 Å². The van der Waals surface area contributed by atoms with Crippen LogP contribution in [0, 0.1) is 5.82 Å². The smallest absolute Gasteiger partial charge is 0.346 e. The van der Waals surface area contributed by atoms with Gasteiger partial charge in [-0.2, -0.15) is 13.2 Å². The van der Waals surface area contributed by atoms with Gasteiger partial charge < -0.3 is 5.32 Å². The first-order chi connectivity index (χ1) is 14.6. The van der Waals surface area contributed by atoms with Crippen LogP contribution in [-0.2, 0) is 9.59 Å². The number of nitrogens with zero attached hydrogens (tertiary/aromatic N) is 2. The number of alkyl halides is 3. The van der Waals surface area contributed by atoms with Crippen LogP contribution < -0.4 is 10.2 Å². The van der Waals surface area contributed by atoms with Gasteiger partial charge in [-0.1, -0.05) is 42.1 Å². The van der Waals surface area contributed by atoms with Crippen molar-refractivity contribution in [2.24, 2.45) is 4.99 Å². The molecule has 0 saturated carbocycles. The summed E-state index contributed by atoms with van der Waals surface area (Å²) in [6.07, 6.45) is -2.98. The molecule has 1 atom stereocenters. The molecule has 2 aromatic rings. The zero-order valence-corrected chi connectivity index (χ0v) is 17.0. The van der Waals surface area contributed by atoms with E-state index in [0.29, 0.717) is 5.69 Å². The first-order valence-electron chi connectivity index (χ1n) is 9.10. The molecule has 162 valence electrons. The highest BCUT2D eigenvalue weighted by Gasteiger charge is 2.35. The molecule has 1 N–H and O–H groups in total. The lowest BCUT2D eigenvalue weighted by molar-refractivity contribution is -0.137. The van der Waals surface area contributed by atoms with Crippen molar-refractivity contribution in [2.75, 3.05) is 11.4 Å². The van der Waals surface area contributed by atoms with Crippen LogP contribution in [0.4, 0.5) is 23.2 Å². The highest BCUT2D eigenvalue weighted by Crippen LogP contribution is 2.31. The molecule has 0 fully saturated rings. The molecule has 1 aliphatic rings. The lowest BCUT2D eigenvalue weighted by atomic mass is 10.2. The topological polar surface area (TPSA) is 61.8 Å². The maximum Gasteiger partial charge on any atom is 0.405 e. The van der Waals surface area contributed by atoms with E-state index >= 15 is 0 Å². The molecule has 0 aromatic heterocycles. The van der Waals surface area contributed by atoms with E-state index in [1.54, 1.807) is 30.3 Å². The van der Waals surface area contributed by atoms with Gasteiger partial charge in [0.25, 0.3) is 5.91 Å². The molecule has 0 aliphatic carbocycles. The Hall–Kier alpha value is -3.14. The quantitative estimate of drug-likeness (QED) is 0.543. The van der Waals surface area contributed by atoms with Crippen molar-refractivity contribution in [2.45, 2.75) is 18.3 Å². The van der Waals surface area contributed by atoms with Gasteiger partial charge in [-0.05, 0) is 42.8 Å². The number of carbonyl (C=O) groups is 2. The first-order valence-corrected chi connectivity index (χ1v) is 9.98. The van der Waals surface area contributed by atoms with Crippen molar-refractivity contribution in [3.8, 4) is 0 Å². The fourth-order valence-electron chi connectivity index (χ4n) is 2.64. The third-order valence-corrected chi connectivity index (χ3v) is 5.18. The Kier molecular flexibility index (Phi) is 6.79. The van der Waals surface area contributed by atoms with Crippen LogP contribution in [0.2, 0.25) is 0 Å². The van der Waals surface area contributed by atoms with Crippen molar-refractivity contribution < 1.29 is 27.2 Å². The van der Waals surface area contributed by atoms with Crippen molar-refractivity contribution >= 4 is 40.5 Å². The van der Waals surface area contributed by atoms with Gasteiger partial charge in [0.15, 0.2) is 5.17 Å². The highest BCUT2D eigenvalue weighted by molar-refractivity contribution is 8.15. The van der Waals surface area contributed by atoms with Crippen LogP contribution in [0.1, 0.15) is 12.5 Å². The Morgan fingerprint density at radius 3 is 2.42 bits per heavy atom. The molecule has 0 saturated heterocycles. The van der Waals surface area contributed by atoms with Gasteiger partial charge in [0.05, 0.1) is 10.9 Å². The van der Waals surface area contributed by atoms with E-state index in [-0.39, 0.29) is 10.9 Å². The Balaban J connectivity index is 1.87. The zero-order valence-electron chi connectivity index (χ0n) is 16.2. The van der Waals surface area contributed by atoms with E-state index in [9.17, 15) is 27.2 Å². The predicted octanol–water partition coefficient (Wildman–Crippen LogP) is 4.37. The fourth-order valence-corrected chi connectivity index (χ4v) is 3.59. The molecular formula is C21H17F4N3O2S. The van der Waals surface area contributed by atoms with E-state index in [2.05, 4.69) is 4.99 Å². The molecule has 2 amide bonds. The third kappa shape index (κ3) is 5.94. The standard InChI is InChI=1S/C21H17F4N3O2S/c1-13(18(29)26-12-21(23,24)25)31-20-27-17(11-14-5-3-2-4-6-14)19(30)28(20)16-9-7-15(22)8-10-16/h2-11,13H,12H2,1H3,(H,26,29)/b17-11-. The van der Waals surface area contributed by atoms with Crippen LogP contribution in [-0.4, -0.2) is 35.0 Å². The average molecular weight is 451 g/mol. The number of hydrogen-bond donors (Lipinski definition) is 1. The molecule has 5 nitrogen and oxygen atoms in total. The Labute approximate surface area is 179 Å². The van der Waals surface area contributed by atoms with Gasteiger partial charge in [0.2, 0.25) is 5.91 Å². The molecule has 1 heterocycles. The molecule has 3 rings (SSSR count). The van der Waals surface area contributed by atoms with E-state index in [1.807, 2.05) is 11.4 Å². The van der Waals surface area contributed by atoms with Crippen molar-refractivity contribution in [3.63, 3.8) is 0 Å². The number of thioether (sulfide) groups is 1. The lowest BCUT2D eigenvalue weighted by Crippen LogP contribution is -2.39. The minimum absolute atomic E-state index is 0.0842. The monoisotopic (exact) mass is 451 g/mol. The van der Waals surface area contributed by atoms with Gasteiger partial charge in [0, 0.05) is 0 Å². The largest absolute Gasteiger partial charge is 0.405 e. The molecule has 1 unspecified atom stereocenters. The summed E-state index contributed by atoms with van der Waals surface area (Å²) in [5, 5.41) is 0.953. The van der Waals surface area contributed by atoms with Gasteiger partial charge in [-0.25, -0.2) is 9.38 Å². The number of benzene rings is 2. The number of carbonyl (C=O) groups excluding carboxylic acids is 2. The second-order valence-electron chi connectivity index (χ2n) is 6.54. The van der Waals surface area contributed by atoms with Crippen LogP contribution in [0.15, 0.2) is 65.3 Å². The highest BCUT2D eigenvalue weighted by atomic mass is 32.2. The number of amidine groups is 1. The summed E-state index contributed by atoms with van der Waals surface area (Å²) < 4.78 is 50.5. The van der Waals surface area contributed by atoms with Crippen LogP contribution in [0.5, 0.6) is 0 Å². The molecule has 31 heavy (non-hydrogen) atoms. The molecule has 1 aliphatic heterocycles. The lowest BCUT2D eigenvalue weighted by Gasteiger charge is -2.20. The Morgan fingerprint density at radius 2 is 1.81 bits per heavy atom. The normalized spacial score (nSPS) is 16.4. The van der Waals surface area contributed by atoms with Crippen LogP contribution in [0.25, 0.3) is 6.08 Å². The van der Waals surface area contributed by atoms with E-state index in [4.69, 9.17) is 0 Å². The van der Waals surface area contributed by atoms with Crippen LogP contribution >= 0.6 is 11.8 Å². The van der Waals surface area contributed by atoms with Gasteiger partial charge in [-0.15, -0.1) is 0 Å². The maximum atomic E-state index is 13.3. The number of amides is 2. The number of aliphatic imine (C=N–C) groups is 1. The summed E-state index contributed by atoms with van der Waals surface area (Å²) in [7, 11) is 0. The summed E-state index contributed by atoms with van der Waals surface area (Å²) in [5.41, 5.74) is 1.12. The molecule has 0 bridgehead atoms. The maximum absolute atomic E-state index is 13.3. The number of nitrogens with one attached hydrogen (secondary N) is 1. The van der Waals surface area contributed by atoms with Crippen LogP contribution in [0.3, 0.4) is 0 Å². The second-order valence-corrected chi connectivity index (χ2v) is 7.85. The first kappa shape index (κ1) is 22.5. The van der Waals surface area contributed by atoms with Gasteiger partial charge >= 0.3 is 6.18 Å². The number of anilines is 1. The molecule has 2 aromatic carbocycles. The average Bonchev–Trinajstić information content (AvgIpc) is 3.01. The zero-order chi connectivity index (χ0) is 22.6. The Bertz CT molecular complexity index is 1020. The fraction of sp³-hybridized carbons (Fsp3) is 0.190. The molecule has 0 spiro atoms. The SMILES string of the molecule is CC(SC1=N/C(=C\c2ccccc2)C(=O)N1c1ccc(F)cc1)C(=O)NCC(F)(F)F.